The third-order valence-corrected chi connectivity index (χ3v) is 6.21. The van der Waals surface area contributed by atoms with Crippen molar-refractivity contribution in [2.75, 3.05) is 5.32 Å². The number of aromatic amines is 2. The van der Waals surface area contributed by atoms with E-state index >= 15 is 4.39 Å². The number of rotatable bonds is 7. The van der Waals surface area contributed by atoms with E-state index in [1.54, 1.807) is 49.3 Å². The van der Waals surface area contributed by atoms with E-state index in [0.29, 0.717) is 56.8 Å². The molecule has 3 N–H and O–H groups in total. The van der Waals surface area contributed by atoms with Gasteiger partial charge in [-0.15, -0.1) is 0 Å². The van der Waals surface area contributed by atoms with Crippen LogP contribution in [0.15, 0.2) is 65.9 Å². The van der Waals surface area contributed by atoms with Gasteiger partial charge in [0.25, 0.3) is 0 Å². The number of H-pyrrole nitrogens is 2. The van der Waals surface area contributed by atoms with Crippen molar-refractivity contribution < 1.29 is 13.6 Å². The molecule has 0 aliphatic rings. The Morgan fingerprint density at radius 3 is 2.89 bits per heavy atom. The molecule has 6 rings (SSSR count). The third-order valence-electron chi connectivity index (χ3n) is 6.21. The van der Waals surface area contributed by atoms with E-state index in [1.165, 1.54) is 0 Å². The second kappa shape index (κ2) is 9.30. The Morgan fingerprint density at radius 1 is 1.14 bits per heavy atom. The highest BCUT2D eigenvalue weighted by Crippen LogP contribution is 2.35. The minimum Gasteiger partial charge on any atom is -0.472 e. The maximum atomic E-state index is 16.0. The van der Waals surface area contributed by atoms with Gasteiger partial charge in [-0.1, -0.05) is 13.3 Å². The lowest BCUT2D eigenvalue weighted by Gasteiger charge is -2.08. The number of anilines is 1. The largest absolute Gasteiger partial charge is 0.472 e. The maximum absolute atomic E-state index is 16.0. The quantitative estimate of drug-likeness (QED) is 0.246. The molecule has 0 unspecified atom stereocenters. The standard InChI is InChI=1S/C27H22FN7O2/c1-2-3-4-21(36)31-17-11-16(12-29-13-17)18-5-6-20-22(23(18)28)25(35-34-20)27-32-24-19(15-8-10-37-14-15)7-9-30-26(24)33-27/h5-14H,2-4H2,1H3,(H,31,36)(H,34,35)(H,30,32,33). The summed E-state index contributed by atoms with van der Waals surface area (Å²) in [5.41, 5.74) is 5.16. The lowest BCUT2D eigenvalue weighted by Crippen LogP contribution is -2.11. The van der Waals surface area contributed by atoms with Gasteiger partial charge in [-0.3, -0.25) is 14.9 Å². The summed E-state index contributed by atoms with van der Waals surface area (Å²) in [7, 11) is 0. The van der Waals surface area contributed by atoms with Gasteiger partial charge in [0.2, 0.25) is 5.91 Å². The predicted octanol–water partition coefficient (Wildman–Crippen LogP) is 6.09. The molecule has 1 aromatic carbocycles. The Balaban J connectivity index is 1.41. The van der Waals surface area contributed by atoms with Crippen molar-refractivity contribution in [3.63, 3.8) is 0 Å². The topological polar surface area (TPSA) is 125 Å². The van der Waals surface area contributed by atoms with Crippen LogP contribution >= 0.6 is 0 Å². The van der Waals surface area contributed by atoms with E-state index < -0.39 is 5.82 Å². The molecule has 0 spiro atoms. The molecule has 6 aromatic rings. The van der Waals surface area contributed by atoms with Gasteiger partial charge in [0.05, 0.1) is 40.8 Å². The van der Waals surface area contributed by atoms with Crippen molar-refractivity contribution in [1.82, 2.24) is 30.1 Å². The van der Waals surface area contributed by atoms with Crippen LogP contribution in [-0.2, 0) is 4.79 Å². The van der Waals surface area contributed by atoms with Gasteiger partial charge in [0.1, 0.15) is 11.5 Å². The molecule has 5 aromatic heterocycles. The molecule has 1 amide bonds. The van der Waals surface area contributed by atoms with Gasteiger partial charge in [-0.25, -0.2) is 14.4 Å². The zero-order valence-electron chi connectivity index (χ0n) is 19.9. The Labute approximate surface area is 210 Å². The minimum atomic E-state index is -0.471. The number of amides is 1. The van der Waals surface area contributed by atoms with Crippen molar-refractivity contribution in [2.45, 2.75) is 26.2 Å². The molecule has 0 atom stereocenters. The summed E-state index contributed by atoms with van der Waals surface area (Å²) in [4.78, 5) is 28.6. The number of aromatic nitrogens is 6. The maximum Gasteiger partial charge on any atom is 0.224 e. The summed E-state index contributed by atoms with van der Waals surface area (Å²) in [5, 5.41) is 10.4. The van der Waals surface area contributed by atoms with Crippen LogP contribution in [0.25, 0.3) is 55.8 Å². The first-order valence-corrected chi connectivity index (χ1v) is 11.9. The molecule has 0 saturated carbocycles. The summed E-state index contributed by atoms with van der Waals surface area (Å²) in [6, 6.07) is 8.84. The minimum absolute atomic E-state index is 0.0953. The fourth-order valence-electron chi connectivity index (χ4n) is 4.36. The van der Waals surface area contributed by atoms with Gasteiger partial charge in [0, 0.05) is 41.1 Å². The van der Waals surface area contributed by atoms with E-state index in [4.69, 9.17) is 4.42 Å². The molecule has 10 heteroatoms. The summed E-state index contributed by atoms with van der Waals surface area (Å²) < 4.78 is 21.2. The molecule has 0 aliphatic carbocycles. The molecule has 0 aliphatic heterocycles. The third kappa shape index (κ3) is 4.12. The van der Waals surface area contributed by atoms with Crippen LogP contribution in [0, 0.1) is 5.82 Å². The molecule has 37 heavy (non-hydrogen) atoms. The van der Waals surface area contributed by atoms with Crippen LogP contribution in [0.4, 0.5) is 10.1 Å². The number of carbonyl (C=O) groups is 1. The number of nitrogens with one attached hydrogen (secondary N) is 3. The molecule has 0 fully saturated rings. The Kier molecular flexibility index (Phi) is 5.68. The van der Waals surface area contributed by atoms with Gasteiger partial charge >= 0.3 is 0 Å². The second-order valence-electron chi connectivity index (χ2n) is 8.69. The Morgan fingerprint density at radius 2 is 2.05 bits per heavy atom. The first-order chi connectivity index (χ1) is 18.1. The molecule has 9 nitrogen and oxygen atoms in total. The molecular weight excluding hydrogens is 473 g/mol. The number of fused-ring (bicyclic) bond motifs is 2. The number of hydrogen-bond donors (Lipinski definition) is 3. The predicted molar refractivity (Wildman–Crippen MR) is 138 cm³/mol. The summed E-state index contributed by atoms with van der Waals surface area (Å²) >= 11 is 0. The number of benzene rings is 1. The SMILES string of the molecule is CCCCC(=O)Nc1cncc(-c2ccc3[nH]nc(-c4nc5nccc(-c6ccoc6)c5[nH]4)c3c2F)c1. The Bertz CT molecular complexity index is 1740. The number of unbranched alkanes of at least 4 members (excludes halogenated alkanes) is 1. The summed E-state index contributed by atoms with van der Waals surface area (Å²) in [6.07, 6.45) is 10.2. The van der Waals surface area contributed by atoms with Crippen molar-refractivity contribution >= 4 is 33.7 Å². The number of nitrogens with zero attached hydrogens (tertiary/aromatic N) is 4. The molecule has 0 saturated heterocycles. The first kappa shape index (κ1) is 22.6. The van der Waals surface area contributed by atoms with Crippen LogP contribution in [0.2, 0.25) is 0 Å². The van der Waals surface area contributed by atoms with Crippen molar-refractivity contribution in [3.8, 4) is 33.8 Å². The zero-order valence-corrected chi connectivity index (χ0v) is 19.9. The summed E-state index contributed by atoms with van der Waals surface area (Å²) in [5.74, 6) is -0.182. The number of carbonyl (C=O) groups excluding carboxylic acids is 1. The van der Waals surface area contributed by atoms with Crippen LogP contribution < -0.4 is 5.32 Å². The number of pyridine rings is 2. The van der Waals surface area contributed by atoms with Gasteiger partial charge in [0.15, 0.2) is 11.5 Å². The van der Waals surface area contributed by atoms with Crippen LogP contribution in [0.5, 0.6) is 0 Å². The fraction of sp³-hybridized carbons (Fsp3) is 0.148. The van der Waals surface area contributed by atoms with Crippen molar-refractivity contribution in [3.05, 3.63) is 67.3 Å². The Hall–Kier alpha value is -4.86. The van der Waals surface area contributed by atoms with Crippen LogP contribution in [0.1, 0.15) is 26.2 Å². The van der Waals surface area contributed by atoms with Crippen molar-refractivity contribution in [1.29, 1.82) is 0 Å². The van der Waals surface area contributed by atoms with E-state index in [9.17, 15) is 4.79 Å². The van der Waals surface area contributed by atoms with Crippen LogP contribution in [-0.4, -0.2) is 36.0 Å². The zero-order chi connectivity index (χ0) is 25.4. The normalized spacial score (nSPS) is 11.4. The van der Waals surface area contributed by atoms with Crippen molar-refractivity contribution in [2.24, 2.45) is 0 Å². The molecule has 0 radical (unpaired) electrons. The average Bonchev–Trinajstić information content (AvgIpc) is 3.67. The van der Waals surface area contributed by atoms with E-state index in [1.807, 2.05) is 19.1 Å². The van der Waals surface area contributed by atoms with E-state index in [2.05, 4.69) is 35.5 Å². The number of furan rings is 1. The van der Waals surface area contributed by atoms with Gasteiger partial charge in [-0.2, -0.15) is 5.10 Å². The van der Waals surface area contributed by atoms with Crippen LogP contribution in [0.3, 0.4) is 0 Å². The van der Waals surface area contributed by atoms with E-state index in [-0.39, 0.29) is 5.91 Å². The highest BCUT2D eigenvalue weighted by Gasteiger charge is 2.21. The molecular formula is C27H22FN7O2. The fourth-order valence-corrected chi connectivity index (χ4v) is 4.36. The first-order valence-electron chi connectivity index (χ1n) is 11.9. The molecule has 0 bridgehead atoms. The highest BCUT2D eigenvalue weighted by molar-refractivity contribution is 5.98. The van der Waals surface area contributed by atoms with Gasteiger partial charge in [-0.05, 0) is 36.8 Å². The highest BCUT2D eigenvalue weighted by atomic mass is 19.1. The second-order valence-corrected chi connectivity index (χ2v) is 8.69. The number of hydrogen-bond acceptors (Lipinski definition) is 6. The molecule has 5 heterocycles. The molecule has 184 valence electrons. The number of imidazole rings is 1. The smallest absolute Gasteiger partial charge is 0.224 e. The van der Waals surface area contributed by atoms with Gasteiger partial charge < -0.3 is 14.7 Å². The van der Waals surface area contributed by atoms with E-state index in [0.717, 1.165) is 24.0 Å². The lowest BCUT2D eigenvalue weighted by molar-refractivity contribution is -0.116. The lowest BCUT2D eigenvalue weighted by atomic mass is 10.0. The summed E-state index contributed by atoms with van der Waals surface area (Å²) in [6.45, 7) is 2.03. The number of halogens is 1. The average molecular weight is 496 g/mol. The monoisotopic (exact) mass is 495 g/mol.